The van der Waals surface area contributed by atoms with Gasteiger partial charge in [-0.15, -0.1) is 0 Å². The highest BCUT2D eigenvalue weighted by atomic mass is 16.3. The Balaban J connectivity index is 1.22. The standard InChI is InChI=1S/C57H44BN7O/c1-34-35(2)50(58)51(66)36(3)48(34)43-28-18-30-47-49(43)42-27-16-17-29-45(42)65(47)46-32-31-41(56-61-52(37-19-8-4-9-20-37)59-53(62-56)38-21-10-5-11-22-38)33-44(46)57-63-54(39-23-12-6-13-24-39)60-55(64-57)40-25-14-7-15-26-40/h4-6,8-14,16-33,66H,7,15,58H2,1-3H3. The summed E-state index contributed by atoms with van der Waals surface area (Å²) >= 11 is 0. The summed E-state index contributed by atoms with van der Waals surface area (Å²) in [5.74, 6) is 3.71. The second-order valence-corrected chi connectivity index (χ2v) is 16.9. The molecule has 0 amide bonds. The third-order valence-corrected chi connectivity index (χ3v) is 12.9. The summed E-state index contributed by atoms with van der Waals surface area (Å²) in [5, 5.41) is 13.6. The van der Waals surface area contributed by atoms with E-state index in [1.165, 1.54) is 0 Å². The topological polar surface area (TPSA) is 102 Å². The molecule has 0 saturated carbocycles. The molecule has 1 aliphatic rings. The third-order valence-electron chi connectivity index (χ3n) is 12.9. The van der Waals surface area contributed by atoms with Crippen molar-refractivity contribution >= 4 is 40.7 Å². The number of phenolic OH excluding ortho intramolecular Hbond substituents is 1. The number of nitrogens with zero attached hydrogens (tertiary/aromatic N) is 7. The van der Waals surface area contributed by atoms with Crippen molar-refractivity contribution < 1.29 is 5.11 Å². The Labute approximate surface area is 384 Å². The van der Waals surface area contributed by atoms with E-state index in [1.54, 1.807) is 0 Å². The number of rotatable bonds is 8. The number of aromatic nitrogens is 7. The van der Waals surface area contributed by atoms with E-state index < -0.39 is 0 Å². The van der Waals surface area contributed by atoms with E-state index in [2.05, 4.69) is 97.3 Å². The SMILES string of the molecule is Bc1c(C)c(C)c(-c2cccc3c2c2ccccc2n3-c2ccc(-c3nc(-c4ccccc4)nc(-c4ccccc4)n3)cc2-c2nc(C3=CCCC=C3)nc(-c3ccccc3)n2)c(C)c1O. The predicted octanol–water partition coefficient (Wildman–Crippen LogP) is 11.8. The molecule has 0 fully saturated rings. The number of phenols is 1. The molecule has 0 saturated heterocycles. The fourth-order valence-electron chi connectivity index (χ4n) is 9.33. The normalized spacial score (nSPS) is 12.5. The van der Waals surface area contributed by atoms with E-state index in [4.69, 9.17) is 29.9 Å². The first kappa shape index (κ1) is 40.5. The molecule has 10 aromatic rings. The average Bonchev–Trinajstić information content (AvgIpc) is 3.73. The maximum absolute atomic E-state index is 11.4. The Kier molecular flexibility index (Phi) is 10.2. The van der Waals surface area contributed by atoms with E-state index in [-0.39, 0.29) is 0 Å². The molecule has 0 unspecified atom stereocenters. The van der Waals surface area contributed by atoms with Gasteiger partial charge in [0.05, 0.1) is 16.7 Å². The van der Waals surface area contributed by atoms with Gasteiger partial charge in [-0.2, -0.15) is 0 Å². The number of fused-ring (bicyclic) bond motifs is 3. The van der Waals surface area contributed by atoms with Gasteiger partial charge in [-0.3, -0.25) is 0 Å². The molecule has 66 heavy (non-hydrogen) atoms. The number of benzene rings is 7. The molecular weight excluding hydrogens is 809 g/mol. The van der Waals surface area contributed by atoms with Crippen molar-refractivity contribution in [3.8, 4) is 79.5 Å². The molecule has 0 radical (unpaired) electrons. The average molecular weight is 854 g/mol. The van der Waals surface area contributed by atoms with Gasteiger partial charge in [0, 0.05) is 44.2 Å². The molecule has 1 aliphatic carbocycles. The lowest BCUT2D eigenvalue weighted by atomic mass is 9.80. The Morgan fingerprint density at radius 3 is 1.65 bits per heavy atom. The molecule has 316 valence electrons. The number of hydrogen-bond acceptors (Lipinski definition) is 7. The Bertz CT molecular complexity index is 3500. The van der Waals surface area contributed by atoms with Gasteiger partial charge >= 0.3 is 0 Å². The van der Waals surface area contributed by atoms with Crippen LogP contribution < -0.4 is 5.46 Å². The van der Waals surface area contributed by atoms with Crippen LogP contribution in [0.25, 0.3) is 101 Å². The van der Waals surface area contributed by atoms with Gasteiger partial charge in [0.15, 0.2) is 34.9 Å². The van der Waals surface area contributed by atoms with Crippen LogP contribution in [-0.4, -0.2) is 47.4 Å². The minimum absolute atomic E-state index is 0.332. The van der Waals surface area contributed by atoms with Crippen molar-refractivity contribution in [3.05, 3.63) is 192 Å². The first-order chi connectivity index (χ1) is 32.3. The predicted molar refractivity (Wildman–Crippen MR) is 271 cm³/mol. The smallest absolute Gasteiger partial charge is 0.166 e. The van der Waals surface area contributed by atoms with E-state index in [0.29, 0.717) is 40.7 Å². The summed E-state index contributed by atoms with van der Waals surface area (Å²) in [4.78, 5) is 31.0. The highest BCUT2D eigenvalue weighted by Crippen LogP contribution is 2.44. The third kappa shape index (κ3) is 7.06. The van der Waals surface area contributed by atoms with Crippen LogP contribution in [-0.2, 0) is 0 Å². The largest absolute Gasteiger partial charge is 0.508 e. The van der Waals surface area contributed by atoms with Crippen LogP contribution in [0.5, 0.6) is 5.75 Å². The lowest BCUT2D eigenvalue weighted by Gasteiger charge is -2.19. The van der Waals surface area contributed by atoms with Gasteiger partial charge in [-0.25, -0.2) is 29.9 Å². The molecule has 1 N–H and O–H groups in total. The van der Waals surface area contributed by atoms with Crippen molar-refractivity contribution in [2.45, 2.75) is 33.6 Å². The fraction of sp³-hybridized carbons (Fsp3) is 0.0877. The van der Waals surface area contributed by atoms with E-state index in [0.717, 1.165) is 107 Å². The second kappa shape index (κ2) is 16.7. The lowest BCUT2D eigenvalue weighted by molar-refractivity contribution is 0.475. The molecule has 9 heteroatoms. The number of aromatic hydroxyl groups is 1. The second-order valence-electron chi connectivity index (χ2n) is 16.9. The first-order valence-electron chi connectivity index (χ1n) is 22.3. The Morgan fingerprint density at radius 2 is 1.03 bits per heavy atom. The Morgan fingerprint density at radius 1 is 0.485 bits per heavy atom. The maximum Gasteiger partial charge on any atom is 0.166 e. The van der Waals surface area contributed by atoms with Crippen LogP contribution in [0.3, 0.4) is 0 Å². The molecule has 0 aliphatic heterocycles. The van der Waals surface area contributed by atoms with E-state index >= 15 is 0 Å². The van der Waals surface area contributed by atoms with E-state index in [9.17, 15) is 5.11 Å². The van der Waals surface area contributed by atoms with Gasteiger partial charge in [0.25, 0.3) is 0 Å². The molecule has 0 spiro atoms. The fourth-order valence-corrected chi connectivity index (χ4v) is 9.33. The molecule has 3 aromatic heterocycles. The Hall–Kier alpha value is -8.30. The molecule has 8 nitrogen and oxygen atoms in total. The van der Waals surface area contributed by atoms with Crippen LogP contribution in [0.2, 0.25) is 0 Å². The summed E-state index contributed by atoms with van der Waals surface area (Å²) in [6.07, 6.45) is 8.37. The van der Waals surface area contributed by atoms with Crippen molar-refractivity contribution in [1.82, 2.24) is 34.5 Å². The zero-order chi connectivity index (χ0) is 44.9. The summed E-state index contributed by atoms with van der Waals surface area (Å²) in [6.45, 7) is 6.27. The van der Waals surface area contributed by atoms with Gasteiger partial charge in [0.2, 0.25) is 0 Å². The van der Waals surface area contributed by atoms with Crippen molar-refractivity contribution in [1.29, 1.82) is 0 Å². The van der Waals surface area contributed by atoms with Gasteiger partial charge in [-0.1, -0.05) is 145 Å². The van der Waals surface area contributed by atoms with Gasteiger partial charge < -0.3 is 9.67 Å². The monoisotopic (exact) mass is 853 g/mol. The van der Waals surface area contributed by atoms with Crippen LogP contribution in [0, 0.1) is 20.8 Å². The molecule has 0 atom stereocenters. The summed E-state index contributed by atoms with van der Waals surface area (Å²) in [7, 11) is 1.99. The molecule has 0 bridgehead atoms. The zero-order valence-electron chi connectivity index (χ0n) is 37.2. The van der Waals surface area contributed by atoms with Crippen LogP contribution >= 0.6 is 0 Å². The maximum atomic E-state index is 11.4. The minimum atomic E-state index is 0.332. The van der Waals surface area contributed by atoms with Crippen molar-refractivity contribution in [3.63, 3.8) is 0 Å². The highest BCUT2D eigenvalue weighted by Gasteiger charge is 2.25. The summed E-state index contributed by atoms with van der Waals surface area (Å²) in [6, 6.07) is 51.5. The molecular formula is C57H44BN7O. The van der Waals surface area contributed by atoms with E-state index in [1.807, 2.05) is 106 Å². The van der Waals surface area contributed by atoms with Crippen LogP contribution in [0.15, 0.2) is 170 Å². The first-order valence-corrected chi connectivity index (χ1v) is 22.3. The number of hydrogen-bond donors (Lipinski definition) is 1. The summed E-state index contributed by atoms with van der Waals surface area (Å²) in [5.41, 5.74) is 14.2. The molecule has 3 heterocycles. The van der Waals surface area contributed by atoms with Gasteiger partial charge in [0.1, 0.15) is 13.6 Å². The van der Waals surface area contributed by atoms with Crippen LogP contribution in [0.1, 0.15) is 35.4 Å². The van der Waals surface area contributed by atoms with Gasteiger partial charge in [-0.05, 0) is 91.7 Å². The minimum Gasteiger partial charge on any atom is -0.508 e. The summed E-state index contributed by atoms with van der Waals surface area (Å²) < 4.78 is 2.32. The molecule has 11 rings (SSSR count). The van der Waals surface area contributed by atoms with Crippen molar-refractivity contribution in [2.24, 2.45) is 0 Å². The highest BCUT2D eigenvalue weighted by molar-refractivity contribution is 6.36. The van der Waals surface area contributed by atoms with Crippen molar-refractivity contribution in [2.75, 3.05) is 0 Å². The number of allylic oxidation sites excluding steroid dienone is 4. The number of para-hydroxylation sites is 1. The molecule has 7 aromatic carbocycles. The lowest BCUT2D eigenvalue weighted by Crippen LogP contribution is -2.12. The quantitative estimate of drug-likeness (QED) is 0.152. The van der Waals surface area contributed by atoms with Crippen LogP contribution in [0.4, 0.5) is 0 Å². The zero-order valence-corrected chi connectivity index (χ0v) is 37.2.